The Bertz CT molecular complexity index is 416. The van der Waals surface area contributed by atoms with Gasteiger partial charge in [0.2, 0.25) is 0 Å². The molecule has 0 heterocycles. The highest BCUT2D eigenvalue weighted by Crippen LogP contribution is 2.20. The predicted octanol–water partition coefficient (Wildman–Crippen LogP) is 7.22. The number of unbranched alkanes of at least 4 members (excludes halogenated alkanes) is 10. The molecule has 0 saturated heterocycles. The summed E-state index contributed by atoms with van der Waals surface area (Å²) in [6.45, 7) is 8.04. The number of hydrogen-bond donors (Lipinski definition) is 0. The Morgan fingerprint density at radius 3 is 1.73 bits per heavy atom. The molecule has 0 spiro atoms. The molecule has 2 heteroatoms. The molecule has 26 heavy (non-hydrogen) atoms. The van der Waals surface area contributed by atoms with Gasteiger partial charge in [0.15, 0.2) is 0 Å². The summed E-state index contributed by atoms with van der Waals surface area (Å²) in [5, 5.41) is 0. The molecular weight excluding hydrogens is 318 g/mol. The Kier molecular flexibility index (Phi) is 14.3. The molecule has 0 saturated carbocycles. The molecule has 0 aliphatic rings. The molecule has 0 unspecified atom stereocenters. The van der Waals surface area contributed by atoms with E-state index in [1.54, 1.807) is 7.11 Å². The second kappa shape index (κ2) is 16.2. The third-order valence-electron chi connectivity index (χ3n) is 5.24. The Balaban J connectivity index is 2.41. The Hall–Kier alpha value is -1.02. The van der Waals surface area contributed by atoms with Crippen molar-refractivity contribution in [2.75, 3.05) is 20.2 Å². The summed E-state index contributed by atoms with van der Waals surface area (Å²) in [4.78, 5) is 2.65. The van der Waals surface area contributed by atoms with E-state index in [1.165, 1.54) is 95.7 Å². The van der Waals surface area contributed by atoms with E-state index in [2.05, 4.69) is 43.0 Å². The van der Waals surface area contributed by atoms with Crippen molar-refractivity contribution in [3.8, 4) is 5.75 Å². The standard InChI is InChI=1S/C24H43NO/c1-4-6-8-10-12-16-20-25(21-17-13-11-9-7-5-2)22-23-18-14-15-19-24(23)26-3/h14-15,18-19H,4-13,16-17,20-22H2,1-3H3. The van der Waals surface area contributed by atoms with Gasteiger partial charge in [0.1, 0.15) is 5.75 Å². The van der Waals surface area contributed by atoms with Crippen molar-refractivity contribution >= 4 is 0 Å². The van der Waals surface area contributed by atoms with Crippen LogP contribution in [0.4, 0.5) is 0 Å². The van der Waals surface area contributed by atoms with Crippen molar-refractivity contribution < 1.29 is 4.74 Å². The minimum Gasteiger partial charge on any atom is -0.496 e. The first-order valence-corrected chi connectivity index (χ1v) is 11.2. The molecule has 0 amide bonds. The number of benzene rings is 1. The molecule has 0 aromatic heterocycles. The Morgan fingerprint density at radius 2 is 1.19 bits per heavy atom. The van der Waals surface area contributed by atoms with E-state index in [1.807, 2.05) is 0 Å². The molecule has 150 valence electrons. The van der Waals surface area contributed by atoms with Gasteiger partial charge in [-0.3, -0.25) is 4.90 Å². The zero-order chi connectivity index (χ0) is 18.9. The molecule has 0 aliphatic carbocycles. The van der Waals surface area contributed by atoms with E-state index in [-0.39, 0.29) is 0 Å². The van der Waals surface area contributed by atoms with Crippen LogP contribution in [-0.2, 0) is 6.54 Å². The zero-order valence-corrected chi connectivity index (χ0v) is 17.8. The summed E-state index contributed by atoms with van der Waals surface area (Å²) in [7, 11) is 1.78. The van der Waals surface area contributed by atoms with E-state index in [0.717, 1.165) is 12.3 Å². The van der Waals surface area contributed by atoms with Crippen LogP contribution in [0.5, 0.6) is 5.75 Å². The topological polar surface area (TPSA) is 12.5 Å². The number of ether oxygens (including phenoxy) is 1. The van der Waals surface area contributed by atoms with Crippen molar-refractivity contribution in [3.05, 3.63) is 29.8 Å². The Labute approximate surface area is 163 Å². The number of methoxy groups -OCH3 is 1. The van der Waals surface area contributed by atoms with Gasteiger partial charge >= 0.3 is 0 Å². The number of para-hydroxylation sites is 1. The van der Waals surface area contributed by atoms with Gasteiger partial charge in [-0.25, -0.2) is 0 Å². The van der Waals surface area contributed by atoms with Crippen LogP contribution in [0, 0.1) is 0 Å². The fourth-order valence-electron chi connectivity index (χ4n) is 3.58. The molecule has 1 rings (SSSR count). The molecule has 0 N–H and O–H groups in total. The third kappa shape index (κ3) is 10.9. The molecule has 0 atom stereocenters. The van der Waals surface area contributed by atoms with Crippen LogP contribution in [0.3, 0.4) is 0 Å². The lowest BCUT2D eigenvalue weighted by Crippen LogP contribution is -2.26. The fourth-order valence-corrected chi connectivity index (χ4v) is 3.58. The second-order valence-electron chi connectivity index (χ2n) is 7.62. The molecule has 1 aromatic rings. The summed E-state index contributed by atoms with van der Waals surface area (Å²) in [6.07, 6.45) is 16.4. The molecule has 0 bridgehead atoms. The maximum atomic E-state index is 5.56. The van der Waals surface area contributed by atoms with Crippen LogP contribution in [0.25, 0.3) is 0 Å². The van der Waals surface area contributed by atoms with Crippen LogP contribution >= 0.6 is 0 Å². The highest BCUT2D eigenvalue weighted by molar-refractivity contribution is 5.33. The summed E-state index contributed by atoms with van der Waals surface area (Å²) in [5.41, 5.74) is 1.33. The number of nitrogens with zero attached hydrogens (tertiary/aromatic N) is 1. The largest absolute Gasteiger partial charge is 0.496 e. The van der Waals surface area contributed by atoms with E-state index < -0.39 is 0 Å². The SMILES string of the molecule is CCCCCCCCN(CCCCCCCC)Cc1ccccc1OC. The lowest BCUT2D eigenvalue weighted by molar-refractivity contribution is 0.248. The minimum absolute atomic E-state index is 1.02. The van der Waals surface area contributed by atoms with Crippen LogP contribution < -0.4 is 4.74 Å². The average Bonchev–Trinajstić information content (AvgIpc) is 2.67. The first-order chi connectivity index (χ1) is 12.8. The van der Waals surface area contributed by atoms with Gasteiger partial charge in [-0.15, -0.1) is 0 Å². The monoisotopic (exact) mass is 361 g/mol. The van der Waals surface area contributed by atoms with E-state index in [9.17, 15) is 0 Å². The van der Waals surface area contributed by atoms with Crippen molar-refractivity contribution in [2.24, 2.45) is 0 Å². The lowest BCUT2D eigenvalue weighted by Gasteiger charge is -2.23. The maximum Gasteiger partial charge on any atom is 0.123 e. The molecular formula is C24H43NO. The molecule has 0 radical (unpaired) electrons. The zero-order valence-electron chi connectivity index (χ0n) is 17.8. The fraction of sp³-hybridized carbons (Fsp3) is 0.750. The van der Waals surface area contributed by atoms with Crippen molar-refractivity contribution in [2.45, 2.75) is 97.4 Å². The van der Waals surface area contributed by atoms with Gasteiger partial charge in [-0.1, -0.05) is 96.3 Å². The summed E-state index contributed by atoms with van der Waals surface area (Å²) in [5.74, 6) is 1.03. The summed E-state index contributed by atoms with van der Waals surface area (Å²) in [6, 6.07) is 8.50. The second-order valence-corrected chi connectivity index (χ2v) is 7.62. The molecule has 0 fully saturated rings. The van der Waals surface area contributed by atoms with Crippen LogP contribution in [0.15, 0.2) is 24.3 Å². The summed E-state index contributed by atoms with van der Waals surface area (Å²) < 4.78 is 5.56. The van der Waals surface area contributed by atoms with Crippen LogP contribution in [-0.4, -0.2) is 25.1 Å². The summed E-state index contributed by atoms with van der Waals surface area (Å²) >= 11 is 0. The first-order valence-electron chi connectivity index (χ1n) is 11.2. The van der Waals surface area contributed by atoms with Gasteiger partial charge in [0.25, 0.3) is 0 Å². The van der Waals surface area contributed by atoms with Gasteiger partial charge in [-0.2, -0.15) is 0 Å². The number of hydrogen-bond acceptors (Lipinski definition) is 2. The minimum atomic E-state index is 1.02. The first kappa shape index (κ1) is 23.0. The quantitative estimate of drug-likeness (QED) is 0.272. The average molecular weight is 362 g/mol. The van der Waals surface area contributed by atoms with Gasteiger partial charge in [-0.05, 0) is 32.0 Å². The van der Waals surface area contributed by atoms with E-state index >= 15 is 0 Å². The van der Waals surface area contributed by atoms with Crippen molar-refractivity contribution in [1.29, 1.82) is 0 Å². The van der Waals surface area contributed by atoms with Crippen molar-refractivity contribution in [3.63, 3.8) is 0 Å². The highest BCUT2D eigenvalue weighted by Gasteiger charge is 2.09. The number of rotatable bonds is 17. The van der Waals surface area contributed by atoms with Gasteiger partial charge < -0.3 is 4.74 Å². The highest BCUT2D eigenvalue weighted by atomic mass is 16.5. The van der Waals surface area contributed by atoms with E-state index in [4.69, 9.17) is 4.74 Å². The van der Waals surface area contributed by atoms with Crippen molar-refractivity contribution in [1.82, 2.24) is 4.90 Å². The molecule has 2 nitrogen and oxygen atoms in total. The van der Waals surface area contributed by atoms with Gasteiger partial charge in [0.05, 0.1) is 7.11 Å². The van der Waals surface area contributed by atoms with E-state index in [0.29, 0.717) is 0 Å². The predicted molar refractivity (Wildman–Crippen MR) is 115 cm³/mol. The van der Waals surface area contributed by atoms with Gasteiger partial charge in [0, 0.05) is 12.1 Å². The third-order valence-corrected chi connectivity index (χ3v) is 5.24. The lowest BCUT2D eigenvalue weighted by atomic mass is 10.1. The maximum absolute atomic E-state index is 5.56. The smallest absolute Gasteiger partial charge is 0.123 e. The molecule has 0 aliphatic heterocycles. The Morgan fingerprint density at radius 1 is 0.692 bits per heavy atom. The van der Waals surface area contributed by atoms with Crippen LogP contribution in [0.1, 0.15) is 96.5 Å². The normalized spacial score (nSPS) is 11.2. The molecule has 1 aromatic carbocycles. The van der Waals surface area contributed by atoms with Crippen LogP contribution in [0.2, 0.25) is 0 Å².